The smallest absolute Gasteiger partial charge is 0.319 e. The lowest BCUT2D eigenvalue weighted by Crippen LogP contribution is -2.46. The third kappa shape index (κ3) is 2.13. The van der Waals surface area contributed by atoms with Crippen molar-refractivity contribution in [3.05, 3.63) is 12.2 Å². The summed E-state index contributed by atoms with van der Waals surface area (Å²) in [6, 6.07) is 0. The highest BCUT2D eigenvalue weighted by molar-refractivity contribution is 5.83. The lowest BCUT2D eigenvalue weighted by molar-refractivity contribution is -0.154. The van der Waals surface area contributed by atoms with Crippen LogP contribution in [0, 0.1) is 5.92 Å². The fourth-order valence-electron chi connectivity index (χ4n) is 2.47. The van der Waals surface area contributed by atoms with Crippen molar-refractivity contribution in [1.29, 1.82) is 0 Å². The molecule has 18 heavy (non-hydrogen) atoms. The van der Waals surface area contributed by atoms with Crippen LogP contribution in [-0.4, -0.2) is 27.3 Å². The van der Waals surface area contributed by atoms with Crippen LogP contribution in [0.3, 0.4) is 0 Å². The molecule has 1 aliphatic rings. The maximum atomic E-state index is 12.2. The van der Waals surface area contributed by atoms with E-state index in [2.05, 4.69) is 24.0 Å². The molecule has 0 atom stereocenters. The molecule has 0 aliphatic heterocycles. The normalized spacial score (nSPS) is 17.6. The van der Waals surface area contributed by atoms with E-state index in [-0.39, 0.29) is 5.97 Å². The van der Waals surface area contributed by atoms with Crippen LogP contribution in [0.5, 0.6) is 0 Å². The number of esters is 1. The molecule has 1 aromatic rings. The molecular formula is C13H21N3O2. The van der Waals surface area contributed by atoms with Gasteiger partial charge in [0.25, 0.3) is 0 Å². The maximum absolute atomic E-state index is 12.2. The van der Waals surface area contributed by atoms with Crippen LogP contribution >= 0.6 is 0 Å². The zero-order valence-electron chi connectivity index (χ0n) is 11.3. The Bertz CT molecular complexity index is 422. The third-order valence-electron chi connectivity index (χ3n) is 3.48. The number of carbonyl (C=O) groups excluding carboxylic acids is 1. The molecule has 0 bridgehead atoms. The SMILES string of the molecule is CCOC(=O)C1(c2nncn2CC(C)C)CCC1. The number of hydrogen-bond acceptors (Lipinski definition) is 4. The molecule has 0 amide bonds. The lowest BCUT2D eigenvalue weighted by Gasteiger charge is -2.38. The predicted octanol–water partition coefficient (Wildman–Crippen LogP) is 1.92. The Morgan fingerprint density at radius 3 is 2.78 bits per heavy atom. The molecular weight excluding hydrogens is 230 g/mol. The van der Waals surface area contributed by atoms with Gasteiger partial charge in [0.15, 0.2) is 0 Å². The minimum Gasteiger partial charge on any atom is -0.465 e. The highest BCUT2D eigenvalue weighted by Gasteiger charge is 2.50. The molecule has 0 radical (unpaired) electrons. The Labute approximate surface area is 108 Å². The summed E-state index contributed by atoms with van der Waals surface area (Å²) >= 11 is 0. The fourth-order valence-corrected chi connectivity index (χ4v) is 2.47. The summed E-state index contributed by atoms with van der Waals surface area (Å²) in [6.07, 6.45) is 4.41. The van der Waals surface area contributed by atoms with Crippen molar-refractivity contribution >= 4 is 5.97 Å². The van der Waals surface area contributed by atoms with E-state index in [1.807, 2.05) is 11.5 Å². The van der Waals surface area contributed by atoms with Crippen LogP contribution in [0.15, 0.2) is 6.33 Å². The van der Waals surface area contributed by atoms with E-state index in [1.165, 1.54) is 0 Å². The average Bonchev–Trinajstić information content (AvgIpc) is 2.64. The molecule has 0 spiro atoms. The standard InChI is InChI=1S/C13H21N3O2/c1-4-18-12(17)13(6-5-7-13)11-15-14-9-16(11)8-10(2)3/h9-10H,4-8H2,1-3H3. The highest BCUT2D eigenvalue weighted by atomic mass is 16.5. The summed E-state index contributed by atoms with van der Waals surface area (Å²) < 4.78 is 7.21. The monoisotopic (exact) mass is 251 g/mol. The first-order valence-corrected chi connectivity index (χ1v) is 6.65. The second-order valence-corrected chi connectivity index (χ2v) is 5.36. The van der Waals surface area contributed by atoms with Crippen LogP contribution in [0.25, 0.3) is 0 Å². The number of nitrogens with zero attached hydrogens (tertiary/aromatic N) is 3. The van der Waals surface area contributed by atoms with E-state index in [1.54, 1.807) is 6.33 Å². The van der Waals surface area contributed by atoms with E-state index in [4.69, 9.17) is 4.74 Å². The molecule has 1 heterocycles. The van der Waals surface area contributed by atoms with Crippen molar-refractivity contribution in [2.45, 2.75) is 52.0 Å². The Balaban J connectivity index is 2.27. The molecule has 2 rings (SSSR count). The van der Waals surface area contributed by atoms with E-state index in [9.17, 15) is 4.79 Å². The molecule has 0 aromatic carbocycles. The first kappa shape index (κ1) is 13.1. The summed E-state index contributed by atoms with van der Waals surface area (Å²) in [4.78, 5) is 12.2. The van der Waals surface area contributed by atoms with Gasteiger partial charge in [-0.05, 0) is 25.7 Å². The van der Waals surface area contributed by atoms with Crippen LogP contribution in [0.4, 0.5) is 0 Å². The zero-order valence-corrected chi connectivity index (χ0v) is 11.3. The quantitative estimate of drug-likeness (QED) is 0.750. The molecule has 0 saturated heterocycles. The lowest BCUT2D eigenvalue weighted by atomic mass is 9.68. The van der Waals surface area contributed by atoms with Crippen LogP contribution in [0.2, 0.25) is 0 Å². The first-order valence-electron chi connectivity index (χ1n) is 6.65. The van der Waals surface area contributed by atoms with Crippen molar-refractivity contribution in [1.82, 2.24) is 14.8 Å². The van der Waals surface area contributed by atoms with Gasteiger partial charge >= 0.3 is 5.97 Å². The van der Waals surface area contributed by atoms with Gasteiger partial charge in [0.1, 0.15) is 17.6 Å². The van der Waals surface area contributed by atoms with Crippen molar-refractivity contribution in [2.75, 3.05) is 6.61 Å². The van der Waals surface area contributed by atoms with Gasteiger partial charge in [-0.2, -0.15) is 0 Å². The number of carbonyl (C=O) groups is 1. The maximum Gasteiger partial charge on any atom is 0.319 e. The molecule has 1 aliphatic carbocycles. The Kier molecular flexibility index (Phi) is 3.68. The van der Waals surface area contributed by atoms with Crippen molar-refractivity contribution in [2.24, 2.45) is 5.92 Å². The molecule has 0 unspecified atom stereocenters. The predicted molar refractivity (Wildman–Crippen MR) is 67.0 cm³/mol. The molecule has 100 valence electrons. The average molecular weight is 251 g/mol. The van der Waals surface area contributed by atoms with Gasteiger partial charge in [-0.25, -0.2) is 0 Å². The summed E-state index contributed by atoms with van der Waals surface area (Å²) in [5.74, 6) is 1.13. The van der Waals surface area contributed by atoms with Crippen molar-refractivity contribution in [3.63, 3.8) is 0 Å². The minimum atomic E-state index is -0.540. The van der Waals surface area contributed by atoms with Crippen LogP contribution in [0.1, 0.15) is 45.9 Å². The molecule has 5 nitrogen and oxygen atoms in total. The van der Waals surface area contributed by atoms with Crippen LogP contribution in [-0.2, 0) is 21.5 Å². The van der Waals surface area contributed by atoms with Gasteiger partial charge in [-0.3, -0.25) is 4.79 Å². The van der Waals surface area contributed by atoms with E-state index in [0.717, 1.165) is 31.6 Å². The summed E-state index contributed by atoms with van der Waals surface area (Å²) in [5, 5.41) is 8.15. The second kappa shape index (κ2) is 5.08. The highest BCUT2D eigenvalue weighted by Crippen LogP contribution is 2.43. The van der Waals surface area contributed by atoms with Gasteiger partial charge in [-0.1, -0.05) is 20.3 Å². The molecule has 1 aromatic heterocycles. The fraction of sp³-hybridized carbons (Fsp3) is 0.769. The van der Waals surface area contributed by atoms with E-state index < -0.39 is 5.41 Å². The first-order chi connectivity index (χ1) is 8.60. The Morgan fingerprint density at radius 2 is 2.28 bits per heavy atom. The number of aromatic nitrogens is 3. The molecule has 1 saturated carbocycles. The van der Waals surface area contributed by atoms with E-state index in [0.29, 0.717) is 12.5 Å². The second-order valence-electron chi connectivity index (χ2n) is 5.36. The summed E-state index contributed by atoms with van der Waals surface area (Å²) in [7, 11) is 0. The molecule has 1 fully saturated rings. The number of hydrogen-bond donors (Lipinski definition) is 0. The van der Waals surface area contributed by atoms with E-state index >= 15 is 0 Å². The third-order valence-corrected chi connectivity index (χ3v) is 3.48. The topological polar surface area (TPSA) is 57.0 Å². The van der Waals surface area contributed by atoms with Gasteiger partial charge in [0.2, 0.25) is 0 Å². The van der Waals surface area contributed by atoms with Crippen molar-refractivity contribution in [3.8, 4) is 0 Å². The largest absolute Gasteiger partial charge is 0.465 e. The molecule has 5 heteroatoms. The number of rotatable bonds is 5. The van der Waals surface area contributed by atoms with Crippen molar-refractivity contribution < 1.29 is 9.53 Å². The van der Waals surface area contributed by atoms with Gasteiger partial charge in [0.05, 0.1) is 6.61 Å². The Morgan fingerprint density at radius 1 is 1.56 bits per heavy atom. The van der Waals surface area contributed by atoms with Gasteiger partial charge in [-0.15, -0.1) is 10.2 Å². The summed E-state index contributed by atoms with van der Waals surface area (Å²) in [5.41, 5.74) is -0.540. The number of ether oxygens (including phenoxy) is 1. The zero-order chi connectivity index (χ0) is 13.2. The van der Waals surface area contributed by atoms with Crippen LogP contribution < -0.4 is 0 Å². The Hall–Kier alpha value is -1.39. The van der Waals surface area contributed by atoms with Gasteiger partial charge in [0, 0.05) is 6.54 Å². The summed E-state index contributed by atoms with van der Waals surface area (Å²) in [6.45, 7) is 7.37. The minimum absolute atomic E-state index is 0.144. The van der Waals surface area contributed by atoms with Gasteiger partial charge < -0.3 is 9.30 Å². The molecule has 0 N–H and O–H groups in total.